The normalized spacial score (nSPS) is 8.75. The van der Waals surface area contributed by atoms with E-state index in [1.165, 1.54) is 0 Å². The van der Waals surface area contributed by atoms with E-state index in [1.807, 2.05) is 0 Å². The second-order valence-electron chi connectivity index (χ2n) is 1.34. The summed E-state index contributed by atoms with van der Waals surface area (Å²) in [5.74, 6) is 4.57. The second kappa shape index (κ2) is 8.94. The van der Waals surface area contributed by atoms with Gasteiger partial charge in [0.2, 0.25) is 0 Å². The summed E-state index contributed by atoms with van der Waals surface area (Å²) in [6, 6.07) is 0. The van der Waals surface area contributed by atoms with E-state index in [1.54, 1.807) is 0 Å². The van der Waals surface area contributed by atoms with Crippen LogP contribution in [0.3, 0.4) is 0 Å². The van der Waals surface area contributed by atoms with Crippen molar-refractivity contribution in [3.63, 3.8) is 0 Å². The third kappa shape index (κ3) is 52.0. The van der Waals surface area contributed by atoms with E-state index >= 15 is 0 Å². The molecule has 0 rings (SSSR count). The van der Waals surface area contributed by atoms with Crippen LogP contribution >= 0.6 is 28.6 Å². The Balaban J connectivity index is 0. The molecule has 0 radical (unpaired) electrons. The van der Waals surface area contributed by atoms with Crippen LogP contribution in [0.15, 0.2) is 0 Å². The maximum absolute atomic E-state index is 9.30. The number of hydrogen-bond acceptors (Lipinski definition) is 2. The SMILES string of the molecule is C#CCOCC#C.O=P(O)(Cl)Cl. The van der Waals surface area contributed by atoms with Crippen LogP contribution in [0.5, 0.6) is 0 Å². The van der Waals surface area contributed by atoms with Gasteiger partial charge in [0.25, 0.3) is 0 Å². The second-order valence-corrected chi connectivity index (χ2v) is 5.47. The molecule has 0 unspecified atom stereocenters. The van der Waals surface area contributed by atoms with Crippen molar-refractivity contribution >= 4 is 28.6 Å². The molecule has 3 nitrogen and oxygen atoms in total. The molecule has 0 aromatic heterocycles. The van der Waals surface area contributed by atoms with Gasteiger partial charge in [0.05, 0.1) is 0 Å². The van der Waals surface area contributed by atoms with Crippen molar-refractivity contribution in [3.05, 3.63) is 0 Å². The summed E-state index contributed by atoms with van der Waals surface area (Å²) in [6.45, 7) is 0.619. The summed E-state index contributed by atoms with van der Waals surface area (Å²) in [7, 11) is 0. The average Bonchev–Trinajstić information content (AvgIpc) is 1.85. The van der Waals surface area contributed by atoms with Crippen LogP contribution in [0.1, 0.15) is 0 Å². The standard InChI is InChI=1S/C6H6O.Cl2HO2P/c1-3-5-7-6-4-2;1-5(2,3)4/h1-2H,5-6H2;(H,3,4). The Bertz CT molecular complexity index is 200. The van der Waals surface area contributed by atoms with Gasteiger partial charge in [-0.15, -0.1) is 12.8 Å². The van der Waals surface area contributed by atoms with Gasteiger partial charge in [-0.25, -0.2) is 0 Å². The Morgan fingerprint density at radius 3 is 1.75 bits per heavy atom. The van der Waals surface area contributed by atoms with Crippen LogP contribution in [0.25, 0.3) is 0 Å². The fourth-order valence-electron chi connectivity index (χ4n) is 0.169. The summed E-state index contributed by atoms with van der Waals surface area (Å²) in [5.41, 5.74) is 0. The maximum atomic E-state index is 9.30. The van der Waals surface area contributed by atoms with E-state index in [4.69, 9.17) is 17.7 Å². The van der Waals surface area contributed by atoms with Crippen LogP contribution < -0.4 is 0 Å². The highest BCUT2D eigenvalue weighted by Crippen LogP contribution is 2.51. The lowest BCUT2D eigenvalue weighted by molar-refractivity contribution is 0.205. The molecule has 1 N–H and O–H groups in total. The first-order valence-electron chi connectivity index (χ1n) is 2.58. The molecule has 0 aliphatic rings. The minimum atomic E-state index is -3.69. The zero-order chi connectivity index (χ0) is 10.0. The Morgan fingerprint density at radius 2 is 1.58 bits per heavy atom. The lowest BCUT2D eigenvalue weighted by atomic mass is 10.7. The Labute approximate surface area is 81.0 Å². The predicted octanol–water partition coefficient (Wildman–Crippen LogP) is 1.83. The van der Waals surface area contributed by atoms with Gasteiger partial charge in [0, 0.05) is 0 Å². The molecule has 0 bridgehead atoms. The van der Waals surface area contributed by atoms with Crippen molar-refractivity contribution in [2.75, 3.05) is 13.2 Å². The molecule has 0 aliphatic carbocycles. The lowest BCUT2D eigenvalue weighted by Gasteiger charge is -1.86. The van der Waals surface area contributed by atoms with Crippen LogP contribution in [-0.2, 0) is 9.30 Å². The quantitative estimate of drug-likeness (QED) is 0.446. The zero-order valence-corrected chi connectivity index (χ0v) is 8.44. The van der Waals surface area contributed by atoms with Crippen molar-refractivity contribution in [1.29, 1.82) is 0 Å². The maximum Gasteiger partial charge on any atom is 0.377 e. The lowest BCUT2D eigenvalue weighted by Crippen LogP contribution is -1.89. The van der Waals surface area contributed by atoms with Crippen LogP contribution in [-0.4, -0.2) is 18.1 Å². The van der Waals surface area contributed by atoms with Gasteiger partial charge >= 0.3 is 6.07 Å². The summed E-state index contributed by atoms with van der Waals surface area (Å²) in [5, 5.41) is 0. The van der Waals surface area contributed by atoms with E-state index < -0.39 is 6.07 Å². The molecule has 12 heavy (non-hydrogen) atoms. The molecular formula is C6H7Cl2O3P. The number of rotatable bonds is 2. The van der Waals surface area contributed by atoms with E-state index in [-0.39, 0.29) is 0 Å². The Morgan fingerprint density at radius 1 is 1.33 bits per heavy atom. The molecule has 0 saturated heterocycles. The highest BCUT2D eigenvalue weighted by atomic mass is 35.9. The molecule has 0 aliphatic heterocycles. The van der Waals surface area contributed by atoms with Gasteiger partial charge in [0.1, 0.15) is 13.2 Å². The Hall–Kier alpha value is -0.150. The van der Waals surface area contributed by atoms with E-state index in [0.29, 0.717) is 13.2 Å². The molecule has 0 amide bonds. The van der Waals surface area contributed by atoms with E-state index in [9.17, 15) is 4.57 Å². The van der Waals surface area contributed by atoms with Crippen molar-refractivity contribution in [2.24, 2.45) is 0 Å². The molecule has 0 spiro atoms. The van der Waals surface area contributed by atoms with Gasteiger partial charge in [-0.05, 0) is 22.5 Å². The van der Waals surface area contributed by atoms with Gasteiger partial charge in [0.15, 0.2) is 0 Å². The first-order valence-corrected chi connectivity index (χ1v) is 6.05. The van der Waals surface area contributed by atoms with Gasteiger partial charge in [-0.3, -0.25) is 4.57 Å². The molecule has 0 heterocycles. The molecule has 6 heteroatoms. The summed E-state index contributed by atoms with van der Waals surface area (Å²) in [6.07, 6.45) is 5.96. The first kappa shape index (κ1) is 14.4. The third-order valence-corrected chi connectivity index (χ3v) is 0.371. The van der Waals surface area contributed by atoms with Crippen LogP contribution in [0, 0.1) is 24.7 Å². The number of hydrogen-bond donors (Lipinski definition) is 1. The summed E-state index contributed by atoms with van der Waals surface area (Å²) >= 11 is 8.81. The Kier molecular flexibility index (Phi) is 10.7. The van der Waals surface area contributed by atoms with Crippen molar-refractivity contribution in [2.45, 2.75) is 0 Å². The summed E-state index contributed by atoms with van der Waals surface area (Å²) < 4.78 is 14.0. The van der Waals surface area contributed by atoms with Gasteiger partial charge in [-0.1, -0.05) is 11.8 Å². The largest absolute Gasteiger partial charge is 0.377 e. The average molecular weight is 229 g/mol. The fourth-order valence-corrected chi connectivity index (χ4v) is 0.169. The van der Waals surface area contributed by atoms with Crippen molar-refractivity contribution in [3.8, 4) is 24.7 Å². The minimum Gasteiger partial charge on any atom is -0.356 e. The molecule has 0 fully saturated rings. The monoisotopic (exact) mass is 228 g/mol. The highest BCUT2D eigenvalue weighted by molar-refractivity contribution is 8.04. The third-order valence-electron chi connectivity index (χ3n) is 0.371. The number of terminal acetylenes is 2. The highest BCUT2D eigenvalue weighted by Gasteiger charge is 2.02. The first-order chi connectivity index (χ1) is 5.41. The molecule has 0 aromatic carbocycles. The van der Waals surface area contributed by atoms with Crippen LogP contribution in [0.4, 0.5) is 0 Å². The van der Waals surface area contributed by atoms with Crippen LogP contribution in [0.2, 0.25) is 0 Å². The minimum absolute atomic E-state index is 0.310. The number of halogens is 2. The van der Waals surface area contributed by atoms with Gasteiger partial charge in [-0.2, -0.15) is 0 Å². The smallest absolute Gasteiger partial charge is 0.356 e. The molecule has 68 valence electrons. The molecule has 0 atom stereocenters. The number of ether oxygens (including phenoxy) is 1. The molecule has 0 aromatic rings. The van der Waals surface area contributed by atoms with E-state index in [0.717, 1.165) is 0 Å². The topological polar surface area (TPSA) is 46.5 Å². The zero-order valence-electron chi connectivity index (χ0n) is 6.04. The predicted molar refractivity (Wildman–Crippen MR) is 50.0 cm³/mol. The summed E-state index contributed by atoms with van der Waals surface area (Å²) in [4.78, 5) is 7.61. The fraction of sp³-hybridized carbons (Fsp3) is 0.333. The van der Waals surface area contributed by atoms with Gasteiger partial charge < -0.3 is 9.63 Å². The molecular weight excluding hydrogens is 222 g/mol. The van der Waals surface area contributed by atoms with Crippen molar-refractivity contribution < 1.29 is 14.2 Å². The van der Waals surface area contributed by atoms with E-state index in [2.05, 4.69) is 39.1 Å². The molecule has 0 saturated carbocycles. The van der Waals surface area contributed by atoms with Crippen molar-refractivity contribution in [1.82, 2.24) is 0 Å².